The largest absolute Gasteiger partial charge is 0.496 e. The standard InChI is InChI=1S/C20H22ClFN4O3/c1-11(27)26-7-5-12(6-8-26)24-18-4-3-13(20(23)25-18)19(28)14-9-16(22)15(21)10-17(14)29-2/h3-4,9-10,12H,5-8H2,1-2H3,(H3,23,24,25)/p+1. The smallest absolute Gasteiger partial charge is 0.228 e. The fourth-order valence-corrected chi connectivity index (χ4v) is 3.53. The second-order valence-corrected chi connectivity index (χ2v) is 7.33. The molecule has 1 fully saturated rings. The third kappa shape index (κ3) is 4.59. The first-order valence-corrected chi connectivity index (χ1v) is 9.59. The highest BCUT2D eigenvalue weighted by molar-refractivity contribution is 6.31. The maximum absolute atomic E-state index is 13.9. The quantitative estimate of drug-likeness (QED) is 0.723. The predicted molar refractivity (Wildman–Crippen MR) is 108 cm³/mol. The normalized spacial score (nSPS) is 14.6. The van der Waals surface area contributed by atoms with Crippen LogP contribution in [0, 0.1) is 5.82 Å². The second kappa shape index (κ2) is 8.65. The van der Waals surface area contributed by atoms with Crippen molar-refractivity contribution < 1.29 is 23.7 Å². The van der Waals surface area contributed by atoms with Crippen LogP contribution in [0.15, 0.2) is 24.3 Å². The average molecular weight is 422 g/mol. The van der Waals surface area contributed by atoms with Gasteiger partial charge in [0.25, 0.3) is 0 Å². The number of hydrogen-bond donors (Lipinski definition) is 2. The summed E-state index contributed by atoms with van der Waals surface area (Å²) in [5.74, 6) is -0.134. The highest BCUT2D eigenvalue weighted by atomic mass is 35.5. The van der Waals surface area contributed by atoms with Gasteiger partial charge in [-0.3, -0.25) is 9.59 Å². The van der Waals surface area contributed by atoms with Crippen LogP contribution in [0.5, 0.6) is 5.75 Å². The van der Waals surface area contributed by atoms with E-state index in [1.165, 1.54) is 13.2 Å². The molecule has 1 saturated heterocycles. The van der Waals surface area contributed by atoms with Gasteiger partial charge in [-0.15, -0.1) is 0 Å². The van der Waals surface area contributed by atoms with Crippen molar-refractivity contribution in [2.75, 3.05) is 31.2 Å². The van der Waals surface area contributed by atoms with E-state index in [0.29, 0.717) is 18.9 Å². The van der Waals surface area contributed by atoms with E-state index in [-0.39, 0.29) is 39.7 Å². The van der Waals surface area contributed by atoms with Crippen LogP contribution < -0.4 is 20.8 Å². The number of nitrogens with zero attached hydrogens (tertiary/aromatic N) is 1. The van der Waals surface area contributed by atoms with E-state index in [2.05, 4.69) is 10.3 Å². The van der Waals surface area contributed by atoms with Crippen LogP contribution in [0.1, 0.15) is 35.7 Å². The van der Waals surface area contributed by atoms with Gasteiger partial charge in [-0.05, 0) is 25.0 Å². The monoisotopic (exact) mass is 421 g/mol. The third-order valence-electron chi connectivity index (χ3n) is 5.01. The fourth-order valence-electron chi connectivity index (χ4n) is 3.37. The number of nitrogens with two attached hydrogens (primary N) is 1. The highest BCUT2D eigenvalue weighted by Gasteiger charge is 2.25. The lowest BCUT2D eigenvalue weighted by molar-refractivity contribution is -0.343. The zero-order valence-corrected chi connectivity index (χ0v) is 17.0. The number of carbonyl (C=O) groups excluding carboxylic acids is 2. The summed E-state index contributed by atoms with van der Waals surface area (Å²) in [6, 6.07) is 5.77. The number of likely N-dealkylation sites (tertiary alicyclic amines) is 1. The van der Waals surface area contributed by atoms with E-state index < -0.39 is 11.6 Å². The van der Waals surface area contributed by atoms with E-state index in [1.54, 1.807) is 19.1 Å². The van der Waals surface area contributed by atoms with Gasteiger partial charge < -0.3 is 20.7 Å². The Morgan fingerprint density at radius 3 is 2.55 bits per heavy atom. The Bertz CT molecular complexity index is 946. The number of amides is 1. The number of methoxy groups -OCH3 is 1. The number of nitrogens with one attached hydrogen (secondary N) is 2. The first-order valence-electron chi connectivity index (χ1n) is 9.21. The number of piperidine rings is 1. The topological polar surface area (TPSA) is 98.8 Å². The van der Waals surface area contributed by atoms with Gasteiger partial charge in [0.05, 0.1) is 29.3 Å². The lowest BCUT2D eigenvalue weighted by Crippen LogP contribution is -2.42. The third-order valence-corrected chi connectivity index (χ3v) is 5.30. The number of H-pyrrole nitrogens is 1. The number of rotatable bonds is 5. The number of aromatic amines is 1. The molecule has 1 amide bonds. The number of pyridine rings is 1. The minimum absolute atomic E-state index is 0.0341. The Labute approximate surface area is 173 Å². The molecule has 0 radical (unpaired) electrons. The van der Waals surface area contributed by atoms with Gasteiger partial charge in [0.15, 0.2) is 0 Å². The molecule has 0 unspecified atom stereocenters. The molecule has 0 atom stereocenters. The van der Waals surface area contributed by atoms with Gasteiger partial charge in [0.1, 0.15) is 11.6 Å². The van der Waals surface area contributed by atoms with Crippen LogP contribution in [0.25, 0.3) is 0 Å². The number of ether oxygens (including phenoxy) is 1. The van der Waals surface area contributed by atoms with Crippen LogP contribution in [0.2, 0.25) is 5.02 Å². The maximum Gasteiger partial charge on any atom is 0.228 e. The molecule has 1 aromatic carbocycles. The molecule has 2 aromatic rings. The molecule has 1 aliphatic rings. The minimum atomic E-state index is -0.714. The molecule has 0 spiro atoms. The molecule has 4 N–H and O–H groups in total. The molecule has 154 valence electrons. The Kier molecular flexibility index (Phi) is 6.22. The number of nitrogen functional groups attached to an aromatic ring is 1. The van der Waals surface area contributed by atoms with Crippen LogP contribution >= 0.6 is 11.6 Å². The van der Waals surface area contributed by atoms with Gasteiger partial charge >= 0.3 is 0 Å². The van der Waals surface area contributed by atoms with Crippen molar-refractivity contribution in [1.29, 1.82) is 0 Å². The summed E-state index contributed by atoms with van der Waals surface area (Å²) in [6.45, 7) is 2.96. The van der Waals surface area contributed by atoms with Gasteiger partial charge in [-0.2, -0.15) is 0 Å². The summed E-state index contributed by atoms with van der Waals surface area (Å²) in [6.07, 6.45) is 1.63. The number of carbonyl (C=O) groups is 2. The molecule has 0 aliphatic carbocycles. The highest BCUT2D eigenvalue weighted by Crippen LogP contribution is 2.29. The first kappa shape index (κ1) is 20.9. The van der Waals surface area contributed by atoms with E-state index in [0.717, 1.165) is 18.9 Å². The SMILES string of the molecule is COc1cc(Cl)c(F)cc1C(=O)c1ccc(NC2CCN(C(C)=O)CC2)[nH+]c1N. The van der Waals surface area contributed by atoms with Gasteiger partial charge in [-0.25, -0.2) is 9.37 Å². The lowest BCUT2D eigenvalue weighted by atomic mass is 10.0. The van der Waals surface area contributed by atoms with Gasteiger partial charge in [0, 0.05) is 32.1 Å². The maximum atomic E-state index is 13.9. The van der Waals surface area contributed by atoms with Gasteiger partial charge in [0.2, 0.25) is 23.3 Å². The molecule has 3 rings (SSSR count). The number of hydrogen-bond acceptors (Lipinski definition) is 5. The molecule has 7 nitrogen and oxygen atoms in total. The fraction of sp³-hybridized carbons (Fsp3) is 0.350. The Morgan fingerprint density at radius 2 is 1.97 bits per heavy atom. The van der Waals surface area contributed by atoms with Gasteiger partial charge in [-0.1, -0.05) is 11.6 Å². The average Bonchev–Trinajstić information content (AvgIpc) is 2.69. The zero-order chi connectivity index (χ0) is 21.1. The van der Waals surface area contributed by atoms with Crippen molar-refractivity contribution in [3.63, 3.8) is 0 Å². The van der Waals surface area contributed by atoms with E-state index >= 15 is 0 Å². The molecular formula is C20H23ClFN4O3+. The van der Waals surface area contributed by atoms with Crippen LogP contribution in [-0.2, 0) is 4.79 Å². The van der Waals surface area contributed by atoms with Crippen molar-refractivity contribution in [3.05, 3.63) is 46.2 Å². The summed E-state index contributed by atoms with van der Waals surface area (Å²) in [4.78, 5) is 29.1. The molecule has 2 heterocycles. The van der Waals surface area contributed by atoms with Crippen LogP contribution in [0.3, 0.4) is 0 Å². The van der Waals surface area contributed by atoms with Crippen molar-refractivity contribution in [1.82, 2.24) is 4.90 Å². The molecule has 29 heavy (non-hydrogen) atoms. The summed E-state index contributed by atoms with van der Waals surface area (Å²) < 4.78 is 19.0. The Hall–Kier alpha value is -2.87. The summed E-state index contributed by atoms with van der Waals surface area (Å²) >= 11 is 5.76. The number of ketones is 1. The number of halogens is 2. The van der Waals surface area contributed by atoms with E-state index in [1.807, 2.05) is 4.90 Å². The molecule has 9 heteroatoms. The number of anilines is 2. The van der Waals surface area contributed by atoms with Crippen molar-refractivity contribution in [2.45, 2.75) is 25.8 Å². The van der Waals surface area contributed by atoms with E-state index in [9.17, 15) is 14.0 Å². The molecule has 0 saturated carbocycles. The molecule has 0 bridgehead atoms. The second-order valence-electron chi connectivity index (χ2n) is 6.92. The lowest BCUT2D eigenvalue weighted by Gasteiger charge is -2.30. The predicted octanol–water partition coefficient (Wildman–Crippen LogP) is 2.54. The molecule has 1 aromatic heterocycles. The summed E-state index contributed by atoms with van der Waals surface area (Å²) in [5, 5.41) is 3.21. The zero-order valence-electron chi connectivity index (χ0n) is 16.2. The number of benzene rings is 1. The van der Waals surface area contributed by atoms with Crippen molar-refractivity contribution in [3.8, 4) is 5.75 Å². The van der Waals surface area contributed by atoms with E-state index in [4.69, 9.17) is 22.1 Å². The molecular weight excluding hydrogens is 399 g/mol. The Morgan fingerprint density at radius 1 is 1.28 bits per heavy atom. The van der Waals surface area contributed by atoms with Crippen LogP contribution in [-0.4, -0.2) is 42.8 Å². The Balaban J connectivity index is 1.76. The van der Waals surface area contributed by atoms with Crippen molar-refractivity contribution in [2.24, 2.45) is 0 Å². The van der Waals surface area contributed by atoms with Crippen LogP contribution in [0.4, 0.5) is 16.0 Å². The summed E-state index contributed by atoms with van der Waals surface area (Å²) in [5.41, 5.74) is 6.29. The number of aromatic nitrogens is 1. The first-order chi connectivity index (χ1) is 13.8. The minimum Gasteiger partial charge on any atom is -0.496 e. The molecule has 1 aliphatic heterocycles. The van der Waals surface area contributed by atoms with Crippen molar-refractivity contribution >= 4 is 34.9 Å². The summed E-state index contributed by atoms with van der Waals surface area (Å²) in [7, 11) is 1.38.